The fourth-order valence-corrected chi connectivity index (χ4v) is 2.64. The Morgan fingerprint density at radius 3 is 2.52 bits per heavy atom. The number of halogens is 2. The standard InChI is InChI=1S/C19H21F2N3S/c1-3-24(4-2)19-9-8-14(10-17(19)21)18(12-25)23-13-22-16-7-5-6-15(20)11-16/h5-13,25H,3-4H2,1-2H3,(H,22,23)/b18-12-. The highest BCUT2D eigenvalue weighted by atomic mass is 32.1. The van der Waals surface area contributed by atoms with E-state index in [0.29, 0.717) is 22.6 Å². The van der Waals surface area contributed by atoms with Crippen LogP contribution >= 0.6 is 12.6 Å². The largest absolute Gasteiger partial charge is 0.370 e. The van der Waals surface area contributed by atoms with Crippen LogP contribution < -0.4 is 10.2 Å². The van der Waals surface area contributed by atoms with E-state index >= 15 is 0 Å². The number of rotatable bonds is 7. The van der Waals surface area contributed by atoms with E-state index in [1.54, 1.807) is 24.3 Å². The minimum atomic E-state index is -0.336. The number of hydrogen-bond acceptors (Lipinski definition) is 3. The molecule has 0 aromatic heterocycles. The summed E-state index contributed by atoms with van der Waals surface area (Å²) in [6.07, 6.45) is 1.42. The lowest BCUT2D eigenvalue weighted by molar-refractivity contribution is 0.619. The van der Waals surface area contributed by atoms with Crippen molar-refractivity contribution < 1.29 is 8.78 Å². The summed E-state index contributed by atoms with van der Waals surface area (Å²) in [5.41, 5.74) is 2.25. The van der Waals surface area contributed by atoms with Crippen molar-refractivity contribution in [1.82, 2.24) is 0 Å². The summed E-state index contributed by atoms with van der Waals surface area (Å²) in [5.74, 6) is -0.639. The summed E-state index contributed by atoms with van der Waals surface area (Å²) in [6, 6.07) is 11.0. The van der Waals surface area contributed by atoms with Crippen molar-refractivity contribution >= 4 is 36.0 Å². The maximum atomic E-state index is 14.4. The fraction of sp³-hybridized carbons (Fsp3) is 0.211. The molecule has 0 radical (unpaired) electrons. The third-order valence-electron chi connectivity index (χ3n) is 3.73. The van der Waals surface area contributed by atoms with Crippen molar-refractivity contribution in [1.29, 1.82) is 0 Å². The highest BCUT2D eigenvalue weighted by Gasteiger charge is 2.10. The van der Waals surface area contributed by atoms with Crippen LogP contribution in [0, 0.1) is 11.6 Å². The predicted octanol–water partition coefficient (Wildman–Crippen LogP) is 5.18. The lowest BCUT2D eigenvalue weighted by Gasteiger charge is -2.21. The highest BCUT2D eigenvalue weighted by molar-refractivity contribution is 7.83. The van der Waals surface area contributed by atoms with Crippen LogP contribution in [-0.2, 0) is 0 Å². The second-order valence-electron chi connectivity index (χ2n) is 5.27. The van der Waals surface area contributed by atoms with Gasteiger partial charge in [-0.25, -0.2) is 13.8 Å². The molecule has 0 heterocycles. The molecule has 2 aromatic rings. The average molecular weight is 361 g/mol. The maximum Gasteiger partial charge on any atom is 0.147 e. The number of hydrogen-bond donors (Lipinski definition) is 2. The van der Waals surface area contributed by atoms with Gasteiger partial charge in [0, 0.05) is 24.3 Å². The Hall–Kier alpha value is -2.34. The lowest BCUT2D eigenvalue weighted by Crippen LogP contribution is -2.22. The molecule has 0 aliphatic rings. The van der Waals surface area contributed by atoms with Crippen molar-refractivity contribution in [2.45, 2.75) is 13.8 Å². The zero-order chi connectivity index (χ0) is 18.2. The van der Waals surface area contributed by atoms with Crippen molar-refractivity contribution in [3.8, 4) is 0 Å². The number of thiol groups is 1. The summed E-state index contributed by atoms with van der Waals surface area (Å²) in [5, 5.41) is 4.37. The van der Waals surface area contributed by atoms with Gasteiger partial charge in [0.25, 0.3) is 0 Å². The summed E-state index contributed by atoms with van der Waals surface area (Å²) >= 11 is 4.14. The van der Waals surface area contributed by atoms with E-state index in [-0.39, 0.29) is 11.6 Å². The third kappa shape index (κ3) is 5.06. The quantitative estimate of drug-likeness (QED) is 0.404. The molecular formula is C19H21F2N3S. The van der Waals surface area contributed by atoms with E-state index in [4.69, 9.17) is 0 Å². The smallest absolute Gasteiger partial charge is 0.147 e. The summed E-state index contributed by atoms with van der Waals surface area (Å²) in [4.78, 5) is 6.18. The Morgan fingerprint density at radius 1 is 1.16 bits per heavy atom. The molecule has 6 heteroatoms. The topological polar surface area (TPSA) is 27.6 Å². The predicted molar refractivity (Wildman–Crippen MR) is 105 cm³/mol. The first-order valence-corrected chi connectivity index (χ1v) is 8.54. The van der Waals surface area contributed by atoms with Crippen molar-refractivity contribution in [3.63, 3.8) is 0 Å². The molecule has 0 spiro atoms. The van der Waals surface area contributed by atoms with Crippen LogP contribution in [0.2, 0.25) is 0 Å². The van der Waals surface area contributed by atoms with Crippen LogP contribution in [0.4, 0.5) is 20.2 Å². The molecule has 25 heavy (non-hydrogen) atoms. The molecular weight excluding hydrogens is 340 g/mol. The zero-order valence-corrected chi connectivity index (χ0v) is 15.1. The summed E-state index contributed by atoms with van der Waals surface area (Å²) < 4.78 is 27.5. The average Bonchev–Trinajstić information content (AvgIpc) is 2.61. The molecule has 2 aromatic carbocycles. The van der Waals surface area contributed by atoms with Crippen LogP contribution in [0.15, 0.2) is 52.9 Å². The van der Waals surface area contributed by atoms with Crippen LogP contribution in [0.3, 0.4) is 0 Å². The van der Waals surface area contributed by atoms with Gasteiger partial charge in [-0.2, -0.15) is 0 Å². The van der Waals surface area contributed by atoms with E-state index in [2.05, 4.69) is 22.9 Å². The molecule has 0 aliphatic carbocycles. The van der Waals surface area contributed by atoms with E-state index < -0.39 is 0 Å². The Balaban J connectivity index is 2.15. The molecule has 2 rings (SSSR count). The van der Waals surface area contributed by atoms with Gasteiger partial charge < -0.3 is 10.2 Å². The Labute approximate surface area is 152 Å². The van der Waals surface area contributed by atoms with Gasteiger partial charge in [0.1, 0.15) is 11.6 Å². The second kappa shape index (κ2) is 9.22. The van der Waals surface area contributed by atoms with Crippen LogP contribution in [0.1, 0.15) is 19.4 Å². The summed E-state index contributed by atoms with van der Waals surface area (Å²) in [6.45, 7) is 5.44. The molecule has 0 saturated carbocycles. The lowest BCUT2D eigenvalue weighted by atomic mass is 10.1. The van der Waals surface area contributed by atoms with Gasteiger partial charge in [-0.05, 0) is 49.6 Å². The molecule has 0 unspecified atom stereocenters. The van der Waals surface area contributed by atoms with E-state index in [1.807, 2.05) is 18.7 Å². The maximum absolute atomic E-state index is 14.4. The zero-order valence-electron chi connectivity index (χ0n) is 14.2. The van der Waals surface area contributed by atoms with Gasteiger partial charge >= 0.3 is 0 Å². The van der Waals surface area contributed by atoms with Gasteiger partial charge in [-0.3, -0.25) is 0 Å². The van der Waals surface area contributed by atoms with Crippen molar-refractivity contribution in [3.05, 3.63) is 65.1 Å². The van der Waals surface area contributed by atoms with Gasteiger partial charge in [-0.1, -0.05) is 12.1 Å². The molecule has 132 valence electrons. The Morgan fingerprint density at radius 2 is 1.92 bits per heavy atom. The van der Waals surface area contributed by atoms with E-state index in [1.165, 1.54) is 29.9 Å². The van der Waals surface area contributed by atoms with Crippen LogP contribution in [-0.4, -0.2) is 19.4 Å². The number of aliphatic imine (C=N–C) groups is 1. The first-order chi connectivity index (χ1) is 12.1. The number of nitrogens with zero attached hydrogens (tertiary/aromatic N) is 2. The van der Waals surface area contributed by atoms with Gasteiger partial charge in [0.15, 0.2) is 0 Å². The molecule has 3 nitrogen and oxygen atoms in total. The highest BCUT2D eigenvalue weighted by Crippen LogP contribution is 2.25. The monoisotopic (exact) mass is 361 g/mol. The minimum absolute atomic E-state index is 0.304. The minimum Gasteiger partial charge on any atom is -0.370 e. The molecule has 0 atom stereocenters. The van der Waals surface area contributed by atoms with Gasteiger partial charge in [0.2, 0.25) is 0 Å². The van der Waals surface area contributed by atoms with Crippen molar-refractivity contribution in [2.24, 2.45) is 4.99 Å². The van der Waals surface area contributed by atoms with Gasteiger partial charge in [0.05, 0.1) is 17.7 Å². The van der Waals surface area contributed by atoms with Gasteiger partial charge in [-0.15, -0.1) is 12.6 Å². The van der Waals surface area contributed by atoms with E-state index in [0.717, 1.165) is 13.1 Å². The first-order valence-electron chi connectivity index (χ1n) is 8.02. The number of anilines is 2. The van der Waals surface area contributed by atoms with Crippen LogP contribution in [0.25, 0.3) is 5.70 Å². The van der Waals surface area contributed by atoms with Crippen LogP contribution in [0.5, 0.6) is 0 Å². The first kappa shape index (κ1) is 19.0. The molecule has 0 amide bonds. The SMILES string of the molecule is CCN(CC)c1ccc(/C(=C/S)N=CNc2cccc(F)c2)cc1F. The number of nitrogens with one attached hydrogen (secondary N) is 1. The third-order valence-corrected chi connectivity index (χ3v) is 3.97. The molecule has 0 aliphatic heterocycles. The fourth-order valence-electron chi connectivity index (χ4n) is 2.42. The second-order valence-corrected chi connectivity index (χ2v) is 5.52. The summed E-state index contributed by atoms with van der Waals surface area (Å²) in [7, 11) is 0. The normalized spacial score (nSPS) is 11.8. The van der Waals surface area contributed by atoms with Crippen molar-refractivity contribution in [2.75, 3.05) is 23.3 Å². The Bertz CT molecular complexity index is 771. The number of benzene rings is 2. The molecule has 0 bridgehead atoms. The Kier molecular flexibility index (Phi) is 7.01. The van der Waals surface area contributed by atoms with E-state index in [9.17, 15) is 8.78 Å². The molecule has 0 saturated heterocycles. The molecule has 1 N–H and O–H groups in total. The molecule has 0 fully saturated rings.